The van der Waals surface area contributed by atoms with E-state index in [-0.39, 0.29) is 31.9 Å². The molecule has 4 aromatic carbocycles. The summed E-state index contributed by atoms with van der Waals surface area (Å²) in [6.07, 6.45) is 2.62. The predicted octanol–water partition coefficient (Wildman–Crippen LogP) is 9.59. The van der Waals surface area contributed by atoms with Crippen molar-refractivity contribution in [1.29, 1.82) is 0 Å². The van der Waals surface area contributed by atoms with Crippen LogP contribution in [0.4, 0.5) is 13.2 Å². The lowest BCUT2D eigenvalue weighted by molar-refractivity contribution is 0.0519. The highest BCUT2D eigenvalue weighted by Gasteiger charge is 2.31. The molecule has 1 saturated carbocycles. The van der Waals surface area contributed by atoms with Crippen LogP contribution >= 0.6 is 11.3 Å². The normalized spacial score (nSPS) is 12.9. The Hall–Kier alpha value is -5.44. The van der Waals surface area contributed by atoms with Gasteiger partial charge in [0.15, 0.2) is 17.3 Å². The molecule has 7 rings (SSSR count). The third-order valence-electron chi connectivity index (χ3n) is 10.1. The monoisotopic (exact) mass is 829 g/mol. The Bertz CT molecular complexity index is 2500. The van der Waals surface area contributed by atoms with E-state index in [9.17, 15) is 22.0 Å². The van der Waals surface area contributed by atoms with Gasteiger partial charge in [-0.15, -0.1) is 11.3 Å². The maximum Gasteiger partial charge on any atom is 0.358 e. The highest BCUT2D eigenvalue weighted by molar-refractivity contribution is 7.89. The number of thiazole rings is 1. The Morgan fingerprint density at radius 1 is 0.828 bits per heavy atom. The first-order chi connectivity index (χ1) is 27.9. The van der Waals surface area contributed by atoms with Crippen molar-refractivity contribution in [2.24, 2.45) is 5.92 Å². The molecule has 1 aliphatic carbocycles. The molecule has 6 aromatic rings. The van der Waals surface area contributed by atoms with Gasteiger partial charge in [0.25, 0.3) is 0 Å². The van der Waals surface area contributed by atoms with Crippen molar-refractivity contribution in [2.75, 3.05) is 20.8 Å². The average Bonchev–Trinajstić information content (AvgIpc) is 3.86. The van der Waals surface area contributed by atoms with Crippen molar-refractivity contribution in [2.45, 2.75) is 57.6 Å². The molecule has 0 saturated heterocycles. The van der Waals surface area contributed by atoms with E-state index in [1.54, 1.807) is 82.7 Å². The number of hydrogen-bond acceptors (Lipinski definition) is 8. The second kappa shape index (κ2) is 17.2. The number of rotatable bonds is 16. The number of ether oxygens (including phenoxy) is 3. The summed E-state index contributed by atoms with van der Waals surface area (Å²) in [4.78, 5) is 17.6. The van der Waals surface area contributed by atoms with E-state index < -0.39 is 38.3 Å². The van der Waals surface area contributed by atoms with E-state index in [2.05, 4.69) is 4.98 Å². The molecule has 1 fully saturated rings. The summed E-state index contributed by atoms with van der Waals surface area (Å²) in [5, 5.41) is 0.556. The minimum Gasteiger partial charge on any atom is -0.497 e. The first-order valence-electron chi connectivity index (χ1n) is 18.8. The van der Waals surface area contributed by atoms with Crippen molar-refractivity contribution < 1.29 is 40.6 Å². The number of halogens is 3. The van der Waals surface area contributed by atoms with Gasteiger partial charge in [-0.05, 0) is 116 Å². The summed E-state index contributed by atoms with van der Waals surface area (Å²) in [5.41, 5.74) is 4.45. The zero-order valence-corrected chi connectivity index (χ0v) is 34.1. The van der Waals surface area contributed by atoms with Crippen LogP contribution in [0.5, 0.6) is 11.5 Å². The summed E-state index contributed by atoms with van der Waals surface area (Å²) >= 11 is 1.32. The van der Waals surface area contributed by atoms with Gasteiger partial charge in [0.1, 0.15) is 27.2 Å². The van der Waals surface area contributed by atoms with Crippen molar-refractivity contribution in [3.63, 3.8) is 0 Å². The predicted molar refractivity (Wildman–Crippen MR) is 216 cm³/mol. The fourth-order valence-corrected chi connectivity index (χ4v) is 9.23. The standard InChI is InChI=1S/C44H42F3N3O6S2/c1-5-56-44(51)42-27(2)57-43(48-42)35-23-39(32-13-18-36(45)37(46)22-32)50(40(35)21-28-6-7-28)26-31-12-19-41(38(47)20-31)58(52,53)49(24-29-8-14-33(54-3)15-9-29)25-30-10-16-34(55-4)17-11-30/h8-20,22-23,28H,5-7,21,24-26H2,1-4H3. The molecule has 0 amide bonds. The first-order valence-corrected chi connectivity index (χ1v) is 21.0. The van der Waals surface area contributed by atoms with Gasteiger partial charge in [-0.1, -0.05) is 30.3 Å². The molecule has 0 N–H and O–H groups in total. The lowest BCUT2D eigenvalue weighted by Gasteiger charge is -2.23. The van der Waals surface area contributed by atoms with Crippen LogP contribution in [0.25, 0.3) is 21.8 Å². The lowest BCUT2D eigenvalue weighted by Crippen LogP contribution is -2.31. The van der Waals surface area contributed by atoms with E-state index in [0.717, 1.165) is 30.7 Å². The van der Waals surface area contributed by atoms with E-state index in [4.69, 9.17) is 14.2 Å². The molecule has 0 radical (unpaired) electrons. The number of aromatic nitrogens is 2. The van der Waals surface area contributed by atoms with E-state index >= 15 is 4.39 Å². The molecule has 0 aliphatic heterocycles. The number of carbonyl (C=O) groups excluding carboxylic acids is 1. The second-order valence-corrected chi connectivity index (χ2v) is 17.2. The first kappa shape index (κ1) is 40.7. The summed E-state index contributed by atoms with van der Waals surface area (Å²) in [7, 11) is -1.32. The van der Waals surface area contributed by atoms with Gasteiger partial charge in [-0.25, -0.2) is 31.4 Å². The molecule has 0 bridgehead atoms. The van der Waals surface area contributed by atoms with Crippen LogP contribution in [0.1, 0.15) is 57.5 Å². The van der Waals surface area contributed by atoms with Gasteiger partial charge in [-0.3, -0.25) is 0 Å². The molecule has 1 aliphatic rings. The van der Waals surface area contributed by atoms with Gasteiger partial charge in [0.05, 0.1) is 20.8 Å². The Balaban J connectivity index is 1.28. The van der Waals surface area contributed by atoms with E-state index in [1.807, 2.05) is 10.6 Å². The SMILES string of the molecule is CCOC(=O)c1nc(-c2cc(-c3ccc(F)c(F)c3)n(Cc3ccc(S(=O)(=O)N(Cc4ccc(OC)cc4)Cc4ccc(OC)cc4)c(F)c3)c2CC2CC2)sc1C. The molecule has 2 heterocycles. The number of esters is 1. The topological polar surface area (TPSA) is 100.0 Å². The third-order valence-corrected chi connectivity index (χ3v) is 12.9. The van der Waals surface area contributed by atoms with Crippen LogP contribution in [-0.2, 0) is 40.8 Å². The third kappa shape index (κ3) is 8.83. The Morgan fingerprint density at radius 3 is 2.00 bits per heavy atom. The Labute approximate surface area is 339 Å². The maximum absolute atomic E-state index is 16.4. The van der Waals surface area contributed by atoms with Crippen LogP contribution < -0.4 is 9.47 Å². The molecule has 58 heavy (non-hydrogen) atoms. The van der Waals surface area contributed by atoms with E-state index in [1.165, 1.54) is 33.8 Å². The number of methoxy groups -OCH3 is 2. The second-order valence-electron chi connectivity index (χ2n) is 14.1. The molecule has 302 valence electrons. The van der Waals surface area contributed by atoms with Crippen LogP contribution in [0.3, 0.4) is 0 Å². The molecule has 2 aromatic heterocycles. The quantitative estimate of drug-likeness (QED) is 0.0897. The molecule has 0 unspecified atom stereocenters. The zero-order chi connectivity index (χ0) is 41.1. The fraction of sp³-hybridized carbons (Fsp3) is 0.273. The Morgan fingerprint density at radius 2 is 1.45 bits per heavy atom. The van der Waals surface area contributed by atoms with Gasteiger partial charge < -0.3 is 18.8 Å². The zero-order valence-electron chi connectivity index (χ0n) is 32.4. The summed E-state index contributed by atoms with van der Waals surface area (Å²) in [6.45, 7) is 3.69. The van der Waals surface area contributed by atoms with Gasteiger partial charge in [-0.2, -0.15) is 4.31 Å². The number of sulfonamides is 1. The minimum absolute atomic E-state index is 0.0398. The van der Waals surface area contributed by atoms with Gasteiger partial charge in [0, 0.05) is 47.0 Å². The molecule has 9 nitrogen and oxygen atoms in total. The number of hydrogen-bond donors (Lipinski definition) is 0. The largest absolute Gasteiger partial charge is 0.497 e. The fourth-order valence-electron chi connectivity index (χ4n) is 6.83. The number of carbonyl (C=O) groups is 1. The van der Waals surface area contributed by atoms with Crippen LogP contribution in [0.2, 0.25) is 0 Å². The van der Waals surface area contributed by atoms with Crippen LogP contribution in [-0.4, -0.2) is 49.1 Å². The van der Waals surface area contributed by atoms with Gasteiger partial charge >= 0.3 is 5.97 Å². The number of benzene rings is 4. The number of aryl methyl sites for hydroxylation is 1. The molecular weight excluding hydrogens is 788 g/mol. The highest BCUT2D eigenvalue weighted by Crippen LogP contribution is 2.42. The minimum atomic E-state index is -4.40. The van der Waals surface area contributed by atoms with E-state index in [0.29, 0.717) is 67.2 Å². The van der Waals surface area contributed by atoms with Crippen molar-refractivity contribution in [3.05, 3.63) is 141 Å². The lowest BCUT2D eigenvalue weighted by atomic mass is 10.1. The summed E-state index contributed by atoms with van der Waals surface area (Å²) in [5.74, 6) is -1.92. The molecular formula is C44H42F3N3O6S2. The molecule has 0 atom stereocenters. The van der Waals surface area contributed by atoms with Crippen molar-refractivity contribution >= 4 is 27.3 Å². The number of nitrogens with zero attached hydrogens (tertiary/aromatic N) is 3. The summed E-state index contributed by atoms with van der Waals surface area (Å²) in [6, 6.07) is 23.5. The van der Waals surface area contributed by atoms with Crippen LogP contribution in [0, 0.1) is 30.3 Å². The molecule has 14 heteroatoms. The maximum atomic E-state index is 16.4. The highest BCUT2D eigenvalue weighted by atomic mass is 32.2. The Kier molecular flexibility index (Phi) is 12.1. The smallest absolute Gasteiger partial charge is 0.358 e. The van der Waals surface area contributed by atoms with Crippen molar-refractivity contribution in [3.8, 4) is 33.3 Å². The summed E-state index contributed by atoms with van der Waals surface area (Å²) < 4.78 is 93.0. The molecule has 0 spiro atoms. The van der Waals surface area contributed by atoms with Crippen molar-refractivity contribution in [1.82, 2.24) is 13.9 Å². The van der Waals surface area contributed by atoms with Crippen LogP contribution in [0.15, 0.2) is 95.9 Å². The van der Waals surface area contributed by atoms with Gasteiger partial charge in [0.2, 0.25) is 10.0 Å². The average molecular weight is 830 g/mol.